The monoisotopic (exact) mass is 290 g/mol. The van der Waals surface area contributed by atoms with E-state index in [1.807, 2.05) is 0 Å². The van der Waals surface area contributed by atoms with Crippen LogP contribution < -0.4 is 5.46 Å². The van der Waals surface area contributed by atoms with Gasteiger partial charge in [-0.3, -0.25) is 0 Å². The van der Waals surface area contributed by atoms with Gasteiger partial charge >= 0.3 is 7.12 Å². The van der Waals surface area contributed by atoms with Crippen molar-refractivity contribution in [2.45, 2.75) is 64.6 Å². The molecule has 0 spiro atoms. The zero-order valence-corrected chi connectivity index (χ0v) is 14.9. The first kappa shape index (κ1) is 15.8. The molecule has 0 atom stereocenters. The second kappa shape index (κ2) is 5.01. The molecule has 0 saturated carbocycles. The summed E-state index contributed by atoms with van der Waals surface area (Å²) in [5.41, 5.74) is 2.00. The average Bonchev–Trinajstić information content (AvgIpc) is 2.47. The molecule has 20 heavy (non-hydrogen) atoms. The molecule has 1 heterocycles. The van der Waals surface area contributed by atoms with Crippen molar-refractivity contribution in [2.75, 3.05) is 0 Å². The van der Waals surface area contributed by atoms with Gasteiger partial charge in [-0.05, 0) is 39.2 Å². The summed E-state index contributed by atoms with van der Waals surface area (Å²) in [6.45, 7) is 15.6. The van der Waals surface area contributed by atoms with Crippen LogP contribution >= 0.6 is 0 Å². The van der Waals surface area contributed by atoms with Crippen LogP contribution in [-0.2, 0) is 15.4 Å². The summed E-state index contributed by atoms with van der Waals surface area (Å²) < 4.78 is 12.2. The zero-order valence-electron chi connectivity index (χ0n) is 13.9. The summed E-state index contributed by atoms with van der Waals surface area (Å²) in [4.78, 5) is 0. The summed E-state index contributed by atoms with van der Waals surface area (Å²) in [7, 11) is -1.30. The number of hydrogen-bond donors (Lipinski definition) is 0. The van der Waals surface area contributed by atoms with Gasteiger partial charge in [-0.15, -0.1) is 0 Å². The first-order valence-corrected chi connectivity index (χ1v) is 11.2. The molecule has 1 aliphatic heterocycles. The van der Waals surface area contributed by atoms with Crippen LogP contribution in [0.15, 0.2) is 24.3 Å². The van der Waals surface area contributed by atoms with Crippen LogP contribution in [0.5, 0.6) is 0 Å². The Balaban J connectivity index is 2.12. The van der Waals surface area contributed by atoms with Gasteiger partial charge < -0.3 is 9.31 Å². The van der Waals surface area contributed by atoms with Crippen molar-refractivity contribution in [1.82, 2.24) is 0 Å². The molecular weight excluding hydrogens is 263 g/mol. The van der Waals surface area contributed by atoms with Crippen molar-refractivity contribution in [2.24, 2.45) is 0 Å². The van der Waals surface area contributed by atoms with Gasteiger partial charge in [0.1, 0.15) is 0 Å². The second-order valence-corrected chi connectivity index (χ2v) is 13.5. The van der Waals surface area contributed by atoms with E-state index < -0.39 is 8.07 Å². The van der Waals surface area contributed by atoms with Crippen LogP contribution in [0, 0.1) is 0 Å². The lowest BCUT2D eigenvalue weighted by Gasteiger charge is -2.32. The highest BCUT2D eigenvalue weighted by atomic mass is 28.3. The first-order chi connectivity index (χ1) is 9.00. The molecule has 0 aromatic heterocycles. The van der Waals surface area contributed by atoms with Crippen molar-refractivity contribution in [3.8, 4) is 0 Å². The molecule has 0 unspecified atom stereocenters. The quantitative estimate of drug-likeness (QED) is 0.794. The summed E-state index contributed by atoms with van der Waals surface area (Å²) in [6.07, 6.45) is 0. The zero-order chi connectivity index (χ0) is 15.2. The van der Waals surface area contributed by atoms with Gasteiger partial charge in [-0.1, -0.05) is 49.5 Å². The van der Waals surface area contributed by atoms with Gasteiger partial charge in [0.2, 0.25) is 0 Å². The lowest BCUT2D eigenvalue weighted by atomic mass is 9.79. The lowest BCUT2D eigenvalue weighted by molar-refractivity contribution is 0.00578. The molecule has 110 valence electrons. The van der Waals surface area contributed by atoms with Crippen LogP contribution in [0.4, 0.5) is 0 Å². The molecule has 1 aromatic rings. The molecular formula is C16H27BO2Si. The van der Waals surface area contributed by atoms with Crippen molar-refractivity contribution in [1.29, 1.82) is 0 Å². The van der Waals surface area contributed by atoms with E-state index in [1.54, 1.807) is 0 Å². The van der Waals surface area contributed by atoms with Gasteiger partial charge in [0.25, 0.3) is 0 Å². The maximum absolute atomic E-state index is 6.08. The molecule has 1 fully saturated rings. The molecule has 0 aliphatic carbocycles. The fourth-order valence-electron chi connectivity index (χ4n) is 2.38. The normalized spacial score (nSPS) is 21.2. The van der Waals surface area contributed by atoms with Crippen molar-refractivity contribution >= 4 is 20.7 Å². The van der Waals surface area contributed by atoms with Gasteiger partial charge in [0.15, 0.2) is 0 Å². The molecule has 2 nitrogen and oxygen atoms in total. The predicted molar refractivity (Wildman–Crippen MR) is 89.2 cm³/mol. The van der Waals surface area contributed by atoms with Gasteiger partial charge in [-0.2, -0.15) is 0 Å². The highest BCUT2D eigenvalue weighted by molar-refractivity contribution is 6.75. The molecule has 4 heteroatoms. The standard InChI is InChI=1S/C16H27BO2Si/c1-15(2)16(3,4)19-17(18-15)14-10-8-13(9-11-14)12-20(5,6)7/h8-11H,12H2,1-7H3. The third-order valence-corrected chi connectivity index (χ3v) is 5.71. The lowest BCUT2D eigenvalue weighted by Crippen LogP contribution is -2.41. The number of rotatable bonds is 3. The molecule has 0 N–H and O–H groups in total. The van der Waals surface area contributed by atoms with Gasteiger partial charge in [0, 0.05) is 8.07 Å². The van der Waals surface area contributed by atoms with E-state index >= 15 is 0 Å². The summed E-state index contributed by atoms with van der Waals surface area (Å²) in [5.74, 6) is 0. The number of hydrogen-bond acceptors (Lipinski definition) is 2. The Hall–Kier alpha value is -0.578. The van der Waals surface area contributed by atoms with E-state index in [9.17, 15) is 0 Å². The maximum Gasteiger partial charge on any atom is 0.494 e. The maximum atomic E-state index is 6.08. The van der Waals surface area contributed by atoms with E-state index in [1.165, 1.54) is 11.6 Å². The Morgan fingerprint density at radius 3 is 1.75 bits per heavy atom. The van der Waals surface area contributed by atoms with Crippen LogP contribution in [0.3, 0.4) is 0 Å². The molecule has 0 amide bonds. The Morgan fingerprint density at radius 2 is 1.35 bits per heavy atom. The van der Waals surface area contributed by atoms with Crippen molar-refractivity contribution < 1.29 is 9.31 Å². The molecule has 1 aliphatic rings. The molecule has 2 rings (SSSR count). The summed E-state index contributed by atoms with van der Waals surface area (Å²) >= 11 is 0. The SMILES string of the molecule is CC1(C)OB(c2ccc(C[Si](C)(C)C)cc2)OC1(C)C. The van der Waals surface area contributed by atoms with E-state index in [0.29, 0.717) is 0 Å². The predicted octanol–water partition coefficient (Wildman–Crippen LogP) is 3.41. The minimum Gasteiger partial charge on any atom is -0.399 e. The third kappa shape index (κ3) is 3.35. The fourth-order valence-corrected chi connectivity index (χ4v) is 3.84. The third-order valence-electron chi connectivity index (χ3n) is 4.24. The van der Waals surface area contributed by atoms with Crippen LogP contribution in [0.1, 0.15) is 33.3 Å². The van der Waals surface area contributed by atoms with E-state index in [4.69, 9.17) is 9.31 Å². The smallest absolute Gasteiger partial charge is 0.399 e. The van der Waals surface area contributed by atoms with Crippen LogP contribution in [-0.4, -0.2) is 26.4 Å². The average molecular weight is 290 g/mol. The van der Waals surface area contributed by atoms with Crippen LogP contribution in [0.2, 0.25) is 19.6 Å². The second-order valence-electron chi connectivity index (χ2n) is 8.07. The van der Waals surface area contributed by atoms with Crippen LogP contribution in [0.25, 0.3) is 0 Å². The number of benzene rings is 1. The van der Waals surface area contributed by atoms with E-state index in [0.717, 1.165) is 5.46 Å². The highest BCUT2D eigenvalue weighted by Gasteiger charge is 2.51. The molecule has 0 radical (unpaired) electrons. The Labute approximate surface area is 125 Å². The highest BCUT2D eigenvalue weighted by Crippen LogP contribution is 2.36. The Bertz CT molecular complexity index is 458. The minimum atomic E-state index is -1.06. The summed E-state index contributed by atoms with van der Waals surface area (Å²) in [6, 6.07) is 9.96. The van der Waals surface area contributed by atoms with Crippen molar-refractivity contribution in [3.05, 3.63) is 29.8 Å². The van der Waals surface area contributed by atoms with Gasteiger partial charge in [0.05, 0.1) is 11.2 Å². The molecule has 0 bridgehead atoms. The summed E-state index contributed by atoms with van der Waals surface area (Å²) in [5, 5.41) is 0. The molecule has 1 saturated heterocycles. The largest absolute Gasteiger partial charge is 0.494 e. The minimum absolute atomic E-state index is 0.249. The van der Waals surface area contributed by atoms with E-state index in [2.05, 4.69) is 71.6 Å². The first-order valence-electron chi connectivity index (χ1n) is 7.45. The van der Waals surface area contributed by atoms with Gasteiger partial charge in [-0.25, -0.2) is 0 Å². The van der Waals surface area contributed by atoms with E-state index in [-0.39, 0.29) is 18.3 Å². The fraction of sp³-hybridized carbons (Fsp3) is 0.625. The van der Waals surface area contributed by atoms with Crippen molar-refractivity contribution in [3.63, 3.8) is 0 Å². The topological polar surface area (TPSA) is 18.5 Å². The Kier molecular flexibility index (Phi) is 3.96. The molecule has 1 aromatic carbocycles. The Morgan fingerprint density at radius 1 is 0.900 bits per heavy atom.